The van der Waals surface area contributed by atoms with Crippen LogP contribution in [0.3, 0.4) is 0 Å². The number of nitrogens with one attached hydrogen (secondary N) is 2. The Hall–Kier alpha value is -1.79. The number of amides is 2. The second-order valence-corrected chi connectivity index (χ2v) is 3.78. The van der Waals surface area contributed by atoms with E-state index in [9.17, 15) is 9.59 Å². The molecule has 18 heavy (non-hydrogen) atoms. The molecule has 0 fully saturated rings. The van der Waals surface area contributed by atoms with E-state index >= 15 is 0 Å². The first kappa shape index (κ1) is 14.3. The summed E-state index contributed by atoms with van der Waals surface area (Å²) in [5, 5.41) is 14.1. The lowest BCUT2D eigenvalue weighted by molar-refractivity contribution is 0.0697. The van der Waals surface area contributed by atoms with Crippen LogP contribution in [0.1, 0.15) is 10.4 Å². The minimum Gasteiger partial charge on any atom is -0.478 e. The van der Waals surface area contributed by atoms with Crippen LogP contribution in [0, 0.1) is 0 Å². The average molecular weight is 273 g/mol. The highest BCUT2D eigenvalue weighted by Gasteiger charge is 2.09. The molecule has 0 saturated heterocycles. The van der Waals surface area contributed by atoms with Crippen LogP contribution in [-0.2, 0) is 4.74 Å². The van der Waals surface area contributed by atoms with Crippen LogP contribution in [0.2, 0.25) is 5.02 Å². The number of hydrogen-bond donors (Lipinski definition) is 3. The number of carboxylic acid groups (broad SMARTS) is 1. The van der Waals surface area contributed by atoms with Gasteiger partial charge in [-0.05, 0) is 18.2 Å². The van der Waals surface area contributed by atoms with Crippen molar-refractivity contribution in [3.63, 3.8) is 0 Å². The predicted molar refractivity (Wildman–Crippen MR) is 67.3 cm³/mol. The van der Waals surface area contributed by atoms with Gasteiger partial charge in [0.05, 0.1) is 22.9 Å². The zero-order chi connectivity index (χ0) is 13.5. The molecule has 0 unspecified atom stereocenters. The van der Waals surface area contributed by atoms with E-state index in [-0.39, 0.29) is 16.3 Å². The summed E-state index contributed by atoms with van der Waals surface area (Å²) in [7, 11) is 1.52. The Balaban J connectivity index is 2.68. The monoisotopic (exact) mass is 272 g/mol. The van der Waals surface area contributed by atoms with Crippen molar-refractivity contribution in [2.45, 2.75) is 0 Å². The quantitative estimate of drug-likeness (QED) is 0.713. The summed E-state index contributed by atoms with van der Waals surface area (Å²) in [6, 6.07) is 3.59. The van der Waals surface area contributed by atoms with Crippen LogP contribution in [0.25, 0.3) is 0 Å². The highest BCUT2D eigenvalue weighted by Crippen LogP contribution is 2.22. The summed E-state index contributed by atoms with van der Waals surface area (Å²) in [6.07, 6.45) is 0. The molecule has 0 aliphatic rings. The Labute approximate surface area is 109 Å². The van der Waals surface area contributed by atoms with Crippen LogP contribution >= 0.6 is 11.6 Å². The SMILES string of the molecule is COCCNC(=O)Nc1cc(C(=O)O)ccc1Cl. The first-order chi connectivity index (χ1) is 8.54. The van der Waals surface area contributed by atoms with E-state index < -0.39 is 12.0 Å². The zero-order valence-electron chi connectivity index (χ0n) is 9.70. The van der Waals surface area contributed by atoms with Gasteiger partial charge in [0.2, 0.25) is 0 Å². The van der Waals surface area contributed by atoms with Crippen molar-refractivity contribution in [3.8, 4) is 0 Å². The number of ether oxygens (including phenoxy) is 1. The smallest absolute Gasteiger partial charge is 0.335 e. The topological polar surface area (TPSA) is 87.7 Å². The number of carboxylic acids is 1. The molecule has 0 heterocycles. The van der Waals surface area contributed by atoms with Gasteiger partial charge in [-0.15, -0.1) is 0 Å². The molecule has 0 atom stereocenters. The maximum Gasteiger partial charge on any atom is 0.335 e. The lowest BCUT2D eigenvalue weighted by Gasteiger charge is -2.09. The third-order valence-corrected chi connectivity index (χ3v) is 2.38. The number of urea groups is 1. The molecule has 2 amide bonds. The van der Waals surface area contributed by atoms with Crippen molar-refractivity contribution < 1.29 is 19.4 Å². The number of carbonyl (C=O) groups is 2. The molecule has 0 radical (unpaired) electrons. The molecule has 98 valence electrons. The van der Waals surface area contributed by atoms with Gasteiger partial charge >= 0.3 is 12.0 Å². The Kier molecular flexibility index (Phi) is 5.41. The number of carbonyl (C=O) groups excluding carboxylic acids is 1. The molecular formula is C11H13ClN2O4. The highest BCUT2D eigenvalue weighted by atomic mass is 35.5. The molecule has 3 N–H and O–H groups in total. The number of methoxy groups -OCH3 is 1. The summed E-state index contributed by atoms with van der Waals surface area (Å²) < 4.78 is 4.77. The second-order valence-electron chi connectivity index (χ2n) is 3.37. The van der Waals surface area contributed by atoms with Gasteiger partial charge < -0.3 is 20.5 Å². The molecule has 1 aromatic rings. The molecule has 1 rings (SSSR count). The lowest BCUT2D eigenvalue weighted by Crippen LogP contribution is -2.31. The number of rotatable bonds is 5. The summed E-state index contributed by atoms with van der Waals surface area (Å²) >= 11 is 5.85. The molecule has 0 saturated carbocycles. The van der Waals surface area contributed by atoms with E-state index in [1.165, 1.54) is 25.3 Å². The standard InChI is InChI=1S/C11H13ClN2O4/c1-18-5-4-13-11(17)14-9-6-7(10(15)16)2-3-8(9)12/h2-3,6H,4-5H2,1H3,(H,15,16)(H2,13,14,17). The fourth-order valence-corrected chi connectivity index (χ4v) is 1.35. The van der Waals surface area contributed by atoms with Gasteiger partial charge in [0.25, 0.3) is 0 Å². The fourth-order valence-electron chi connectivity index (χ4n) is 1.19. The summed E-state index contributed by atoms with van der Waals surface area (Å²) in [4.78, 5) is 22.2. The van der Waals surface area contributed by atoms with E-state index in [1.807, 2.05) is 0 Å². The number of anilines is 1. The molecule has 6 nitrogen and oxygen atoms in total. The highest BCUT2D eigenvalue weighted by molar-refractivity contribution is 6.33. The molecule has 1 aromatic carbocycles. The number of hydrogen-bond acceptors (Lipinski definition) is 3. The lowest BCUT2D eigenvalue weighted by atomic mass is 10.2. The van der Waals surface area contributed by atoms with E-state index in [1.54, 1.807) is 0 Å². The van der Waals surface area contributed by atoms with Gasteiger partial charge in [-0.25, -0.2) is 9.59 Å². The predicted octanol–water partition coefficient (Wildman–Crippen LogP) is 1.81. The van der Waals surface area contributed by atoms with E-state index in [0.717, 1.165) is 0 Å². The summed E-state index contributed by atoms with van der Waals surface area (Å²) in [5.74, 6) is -1.09. The van der Waals surface area contributed by atoms with E-state index in [0.29, 0.717) is 13.2 Å². The number of halogens is 1. The minimum atomic E-state index is -1.09. The van der Waals surface area contributed by atoms with Crippen molar-refractivity contribution in [3.05, 3.63) is 28.8 Å². The van der Waals surface area contributed by atoms with Crippen molar-refractivity contribution >= 4 is 29.3 Å². The molecule has 0 aliphatic carbocycles. The Morgan fingerprint density at radius 2 is 2.17 bits per heavy atom. The molecule has 0 bridgehead atoms. The molecule has 0 spiro atoms. The van der Waals surface area contributed by atoms with Gasteiger partial charge in [0, 0.05) is 13.7 Å². The van der Waals surface area contributed by atoms with E-state index in [4.69, 9.17) is 21.4 Å². The van der Waals surface area contributed by atoms with Crippen LogP contribution in [0.4, 0.5) is 10.5 Å². The second kappa shape index (κ2) is 6.83. The minimum absolute atomic E-state index is 0.0478. The number of benzene rings is 1. The average Bonchev–Trinajstić information content (AvgIpc) is 2.32. The Morgan fingerprint density at radius 1 is 1.44 bits per heavy atom. The first-order valence-electron chi connectivity index (χ1n) is 5.11. The maximum absolute atomic E-state index is 11.4. The first-order valence-corrected chi connectivity index (χ1v) is 5.49. The fraction of sp³-hybridized carbons (Fsp3) is 0.273. The zero-order valence-corrected chi connectivity index (χ0v) is 10.5. The van der Waals surface area contributed by atoms with Gasteiger partial charge in [-0.1, -0.05) is 11.6 Å². The van der Waals surface area contributed by atoms with E-state index in [2.05, 4.69) is 10.6 Å². The normalized spacial score (nSPS) is 9.89. The van der Waals surface area contributed by atoms with Gasteiger partial charge in [0.1, 0.15) is 0 Å². The van der Waals surface area contributed by atoms with Crippen LogP contribution in [-0.4, -0.2) is 37.4 Å². The van der Waals surface area contributed by atoms with Gasteiger partial charge in [0.15, 0.2) is 0 Å². The third kappa shape index (κ3) is 4.23. The van der Waals surface area contributed by atoms with Crippen molar-refractivity contribution in [1.82, 2.24) is 5.32 Å². The van der Waals surface area contributed by atoms with Crippen LogP contribution < -0.4 is 10.6 Å². The van der Waals surface area contributed by atoms with Gasteiger partial charge in [-0.2, -0.15) is 0 Å². The van der Waals surface area contributed by atoms with Crippen molar-refractivity contribution in [2.75, 3.05) is 25.6 Å². The Bertz CT molecular complexity index is 451. The largest absolute Gasteiger partial charge is 0.478 e. The Morgan fingerprint density at radius 3 is 2.78 bits per heavy atom. The van der Waals surface area contributed by atoms with Crippen molar-refractivity contribution in [2.24, 2.45) is 0 Å². The summed E-state index contributed by atoms with van der Waals surface area (Å²) in [6.45, 7) is 0.731. The molecule has 0 aliphatic heterocycles. The molecule has 0 aromatic heterocycles. The van der Waals surface area contributed by atoms with Crippen molar-refractivity contribution in [1.29, 1.82) is 0 Å². The number of aromatic carboxylic acids is 1. The maximum atomic E-state index is 11.4. The van der Waals surface area contributed by atoms with Crippen LogP contribution in [0.15, 0.2) is 18.2 Å². The molecular weight excluding hydrogens is 260 g/mol. The third-order valence-electron chi connectivity index (χ3n) is 2.05. The molecule has 7 heteroatoms. The summed E-state index contributed by atoms with van der Waals surface area (Å²) in [5.41, 5.74) is 0.290. The van der Waals surface area contributed by atoms with Crippen LogP contribution in [0.5, 0.6) is 0 Å². The van der Waals surface area contributed by atoms with Gasteiger partial charge in [-0.3, -0.25) is 0 Å².